The van der Waals surface area contributed by atoms with Gasteiger partial charge in [-0.25, -0.2) is 8.42 Å². The molecule has 3 aliphatic heterocycles. The molecule has 0 saturated carbocycles. The number of rotatable bonds is 6. The van der Waals surface area contributed by atoms with Crippen molar-refractivity contribution in [3.05, 3.63) is 0 Å². The fraction of sp³-hybridized carbons (Fsp3) is 0.882. The van der Waals surface area contributed by atoms with Crippen molar-refractivity contribution in [2.24, 2.45) is 0 Å². The number of aliphatic carboxylic acids is 1. The fourth-order valence-corrected chi connectivity index (χ4v) is 5.94. The first-order valence-corrected chi connectivity index (χ1v) is 11.3. The molecule has 1 amide bonds. The molecule has 0 radical (unpaired) electrons. The van der Waals surface area contributed by atoms with Crippen LogP contribution in [0.15, 0.2) is 0 Å². The van der Waals surface area contributed by atoms with E-state index < -0.39 is 21.8 Å². The standard InChI is InChI=1S/C17H28N2O6S/c20-16(11-18-7-2-1-5-15(18)17(21)22)19(10-14-4-3-8-25-14)13-6-9-26(23,24)12-13/h13-15H,1-12H2,(H,21,22). The van der Waals surface area contributed by atoms with Gasteiger partial charge in [-0.1, -0.05) is 6.42 Å². The number of amides is 1. The first-order chi connectivity index (χ1) is 12.4. The van der Waals surface area contributed by atoms with Crippen LogP contribution >= 0.6 is 0 Å². The first-order valence-electron chi connectivity index (χ1n) is 9.44. The van der Waals surface area contributed by atoms with E-state index in [1.165, 1.54) is 0 Å². The third kappa shape index (κ3) is 4.75. The third-order valence-corrected chi connectivity index (χ3v) is 7.38. The Labute approximate surface area is 154 Å². The highest BCUT2D eigenvalue weighted by molar-refractivity contribution is 7.91. The topological polar surface area (TPSA) is 104 Å². The maximum absolute atomic E-state index is 13.0. The maximum Gasteiger partial charge on any atom is 0.320 e. The third-order valence-electron chi connectivity index (χ3n) is 5.63. The number of carboxylic acid groups (broad SMARTS) is 1. The van der Waals surface area contributed by atoms with Crippen molar-refractivity contribution in [2.45, 2.75) is 56.7 Å². The van der Waals surface area contributed by atoms with Gasteiger partial charge in [-0.05, 0) is 38.6 Å². The van der Waals surface area contributed by atoms with Gasteiger partial charge in [-0.3, -0.25) is 14.5 Å². The number of piperidine rings is 1. The molecule has 1 N–H and O–H groups in total. The van der Waals surface area contributed by atoms with Crippen LogP contribution in [-0.4, -0.2) is 91.1 Å². The molecule has 0 aliphatic carbocycles. The fourth-order valence-electron chi connectivity index (χ4n) is 4.21. The average molecular weight is 388 g/mol. The van der Waals surface area contributed by atoms with E-state index in [2.05, 4.69) is 0 Å². The highest BCUT2D eigenvalue weighted by Crippen LogP contribution is 2.23. The summed E-state index contributed by atoms with van der Waals surface area (Å²) in [5.41, 5.74) is 0. The first kappa shape index (κ1) is 19.6. The van der Waals surface area contributed by atoms with E-state index >= 15 is 0 Å². The largest absolute Gasteiger partial charge is 0.480 e. The Morgan fingerprint density at radius 2 is 1.96 bits per heavy atom. The van der Waals surface area contributed by atoms with E-state index in [9.17, 15) is 23.1 Å². The zero-order valence-corrected chi connectivity index (χ0v) is 15.8. The minimum absolute atomic E-state index is 0.00613. The van der Waals surface area contributed by atoms with Crippen LogP contribution in [0.5, 0.6) is 0 Å². The molecule has 8 nitrogen and oxygen atoms in total. The maximum atomic E-state index is 13.0. The molecule has 3 aliphatic rings. The van der Waals surface area contributed by atoms with Crippen molar-refractivity contribution >= 4 is 21.7 Å². The quantitative estimate of drug-likeness (QED) is 0.689. The van der Waals surface area contributed by atoms with Gasteiger partial charge in [-0.2, -0.15) is 0 Å². The summed E-state index contributed by atoms with van der Waals surface area (Å²) in [6.07, 6.45) is 4.48. The summed E-state index contributed by atoms with van der Waals surface area (Å²) < 4.78 is 29.4. The van der Waals surface area contributed by atoms with Crippen LogP contribution in [0, 0.1) is 0 Å². The van der Waals surface area contributed by atoms with E-state index in [1.54, 1.807) is 9.80 Å². The van der Waals surface area contributed by atoms with Gasteiger partial charge in [0.25, 0.3) is 0 Å². The Balaban J connectivity index is 1.70. The molecule has 148 valence electrons. The van der Waals surface area contributed by atoms with E-state index in [4.69, 9.17) is 4.74 Å². The molecule has 26 heavy (non-hydrogen) atoms. The monoisotopic (exact) mass is 388 g/mol. The summed E-state index contributed by atoms with van der Waals surface area (Å²) in [4.78, 5) is 27.8. The Morgan fingerprint density at radius 1 is 1.15 bits per heavy atom. The number of carbonyl (C=O) groups excluding carboxylic acids is 1. The van der Waals surface area contributed by atoms with Crippen LogP contribution in [0.1, 0.15) is 38.5 Å². The average Bonchev–Trinajstić information content (AvgIpc) is 3.22. The van der Waals surface area contributed by atoms with Crippen LogP contribution in [0.4, 0.5) is 0 Å². The molecular formula is C17H28N2O6S. The number of likely N-dealkylation sites (tertiary alicyclic amines) is 1. The van der Waals surface area contributed by atoms with Crippen LogP contribution in [0.2, 0.25) is 0 Å². The Morgan fingerprint density at radius 3 is 2.58 bits per heavy atom. The summed E-state index contributed by atoms with van der Waals surface area (Å²) in [5, 5.41) is 9.40. The summed E-state index contributed by atoms with van der Waals surface area (Å²) in [7, 11) is -3.11. The lowest BCUT2D eigenvalue weighted by molar-refractivity contribution is -0.147. The van der Waals surface area contributed by atoms with Crippen molar-refractivity contribution < 1.29 is 27.9 Å². The molecule has 0 aromatic rings. The van der Waals surface area contributed by atoms with Crippen LogP contribution < -0.4 is 0 Å². The van der Waals surface area contributed by atoms with Gasteiger partial charge in [0.2, 0.25) is 5.91 Å². The van der Waals surface area contributed by atoms with Crippen LogP contribution in [-0.2, 0) is 24.2 Å². The highest BCUT2D eigenvalue weighted by Gasteiger charge is 2.38. The van der Waals surface area contributed by atoms with E-state index in [0.717, 1.165) is 25.7 Å². The number of hydrogen-bond donors (Lipinski definition) is 1. The van der Waals surface area contributed by atoms with Crippen LogP contribution in [0.3, 0.4) is 0 Å². The van der Waals surface area contributed by atoms with Gasteiger partial charge < -0.3 is 14.7 Å². The number of carbonyl (C=O) groups is 2. The van der Waals surface area contributed by atoms with Gasteiger partial charge in [-0.15, -0.1) is 0 Å². The Bertz CT molecular complexity index is 631. The second-order valence-corrected chi connectivity index (χ2v) is 9.79. The number of ether oxygens (including phenoxy) is 1. The van der Waals surface area contributed by atoms with Crippen molar-refractivity contribution in [2.75, 3.05) is 37.7 Å². The van der Waals surface area contributed by atoms with Crippen molar-refractivity contribution in [3.8, 4) is 0 Å². The zero-order valence-electron chi connectivity index (χ0n) is 15.0. The Hall–Kier alpha value is -1.19. The lowest BCUT2D eigenvalue weighted by atomic mass is 10.0. The number of hydrogen-bond acceptors (Lipinski definition) is 6. The van der Waals surface area contributed by atoms with Gasteiger partial charge >= 0.3 is 5.97 Å². The number of carboxylic acids is 1. The Kier molecular flexibility index (Phi) is 6.19. The highest BCUT2D eigenvalue weighted by atomic mass is 32.2. The minimum Gasteiger partial charge on any atom is -0.480 e. The van der Waals surface area contributed by atoms with Gasteiger partial charge in [0.1, 0.15) is 6.04 Å². The van der Waals surface area contributed by atoms with Gasteiger partial charge in [0.05, 0.1) is 24.2 Å². The summed E-state index contributed by atoms with van der Waals surface area (Å²) in [5.74, 6) is -0.982. The molecule has 3 unspecified atom stereocenters. The lowest BCUT2D eigenvalue weighted by Crippen LogP contribution is -2.53. The molecule has 9 heteroatoms. The van der Waals surface area contributed by atoms with Crippen molar-refractivity contribution in [1.29, 1.82) is 0 Å². The SMILES string of the molecule is O=C(O)C1CCCCN1CC(=O)N(CC1CCCO1)C1CCS(=O)(=O)C1. The molecule has 3 atom stereocenters. The van der Waals surface area contributed by atoms with E-state index in [0.29, 0.717) is 32.5 Å². The number of sulfone groups is 1. The molecule has 0 aromatic heterocycles. The normalized spacial score (nSPS) is 31.8. The minimum atomic E-state index is -3.11. The summed E-state index contributed by atoms with van der Waals surface area (Å²) in [6.45, 7) is 1.67. The summed E-state index contributed by atoms with van der Waals surface area (Å²) >= 11 is 0. The van der Waals surface area contributed by atoms with Crippen LogP contribution in [0.25, 0.3) is 0 Å². The zero-order chi connectivity index (χ0) is 18.7. The van der Waals surface area contributed by atoms with E-state index in [1.807, 2.05) is 0 Å². The summed E-state index contributed by atoms with van der Waals surface area (Å²) in [6, 6.07) is -0.964. The van der Waals surface area contributed by atoms with E-state index in [-0.39, 0.29) is 36.1 Å². The molecular weight excluding hydrogens is 360 g/mol. The molecule has 3 rings (SSSR count). The smallest absolute Gasteiger partial charge is 0.320 e. The predicted octanol–water partition coefficient (Wildman–Crippen LogP) is 0.120. The molecule has 0 aromatic carbocycles. The van der Waals surface area contributed by atoms with Crippen molar-refractivity contribution in [3.63, 3.8) is 0 Å². The van der Waals surface area contributed by atoms with Gasteiger partial charge in [0, 0.05) is 19.2 Å². The predicted molar refractivity (Wildman–Crippen MR) is 94.6 cm³/mol. The molecule has 3 fully saturated rings. The van der Waals surface area contributed by atoms with Gasteiger partial charge in [0.15, 0.2) is 9.84 Å². The second kappa shape index (κ2) is 8.22. The van der Waals surface area contributed by atoms with Crippen molar-refractivity contribution in [1.82, 2.24) is 9.80 Å². The number of nitrogens with zero attached hydrogens (tertiary/aromatic N) is 2. The molecule has 3 heterocycles. The molecule has 0 bridgehead atoms. The molecule has 3 saturated heterocycles. The lowest BCUT2D eigenvalue weighted by Gasteiger charge is -2.36. The second-order valence-electron chi connectivity index (χ2n) is 7.56. The molecule has 0 spiro atoms.